The van der Waals surface area contributed by atoms with Crippen LogP contribution in [0, 0.1) is 5.92 Å². The van der Waals surface area contributed by atoms with E-state index < -0.39 is 12.3 Å². The number of thiophene rings is 1. The summed E-state index contributed by atoms with van der Waals surface area (Å²) in [6, 6.07) is 6.51. The van der Waals surface area contributed by atoms with Crippen molar-refractivity contribution in [3.63, 3.8) is 0 Å². The molecule has 2 atom stereocenters. The predicted molar refractivity (Wildman–Crippen MR) is 119 cm³/mol. The van der Waals surface area contributed by atoms with E-state index >= 15 is 0 Å². The van der Waals surface area contributed by atoms with Gasteiger partial charge in [-0.3, -0.25) is 4.79 Å². The van der Waals surface area contributed by atoms with Gasteiger partial charge in [0.15, 0.2) is 0 Å². The lowest BCUT2D eigenvalue weighted by molar-refractivity contribution is 0.0817. The Labute approximate surface area is 184 Å². The van der Waals surface area contributed by atoms with E-state index in [1.165, 1.54) is 16.2 Å². The molecule has 30 heavy (non-hydrogen) atoms. The highest BCUT2D eigenvalue weighted by atomic mass is 35.5. The van der Waals surface area contributed by atoms with Crippen LogP contribution in [0.3, 0.4) is 0 Å². The number of nitrogens with one attached hydrogen (secondary N) is 2. The normalized spacial score (nSPS) is 19.3. The Hall–Kier alpha value is -2.29. The first-order chi connectivity index (χ1) is 14.4. The molecule has 2 aromatic rings. The molecule has 0 spiro atoms. The standard InChI is InChI=1S/C21H25ClN4O3S/c22-13-6-8-14(9-7-13)24-19(28)17-15-4-1-5-16(15)30-20(17)25-18(27)12-3-2-10-26(11-12)21(23)29/h6-9,12,18,25,27H,1-5,10-11H2,(H2,23,29)(H,24,28). The maximum Gasteiger partial charge on any atom is 0.314 e. The Bertz CT molecular complexity index is 946. The number of likely N-dealkylation sites (tertiary alicyclic amines) is 1. The lowest BCUT2D eigenvalue weighted by Crippen LogP contribution is -2.47. The summed E-state index contributed by atoms with van der Waals surface area (Å²) in [5.41, 5.74) is 7.73. The van der Waals surface area contributed by atoms with Crippen molar-refractivity contribution in [2.45, 2.75) is 38.3 Å². The Balaban J connectivity index is 1.53. The minimum atomic E-state index is -0.868. The van der Waals surface area contributed by atoms with Crippen molar-refractivity contribution < 1.29 is 14.7 Å². The number of nitrogens with two attached hydrogens (primary N) is 1. The number of aliphatic hydroxyl groups excluding tert-OH is 1. The molecule has 9 heteroatoms. The maximum absolute atomic E-state index is 13.1. The third-order valence-electron chi connectivity index (χ3n) is 5.75. The summed E-state index contributed by atoms with van der Waals surface area (Å²) in [7, 11) is 0. The smallest absolute Gasteiger partial charge is 0.314 e. The number of primary amides is 1. The molecule has 1 saturated heterocycles. The van der Waals surface area contributed by atoms with E-state index in [1.54, 1.807) is 29.2 Å². The second-order valence-corrected chi connectivity index (χ2v) is 9.34. The van der Waals surface area contributed by atoms with Crippen LogP contribution < -0.4 is 16.4 Å². The molecule has 1 fully saturated rings. The zero-order valence-electron chi connectivity index (χ0n) is 16.5. The Morgan fingerprint density at radius 2 is 2.00 bits per heavy atom. The van der Waals surface area contributed by atoms with Gasteiger partial charge in [-0.2, -0.15) is 0 Å². The molecule has 2 unspecified atom stereocenters. The number of benzene rings is 1. The number of carbonyl (C=O) groups is 2. The molecule has 0 radical (unpaired) electrons. The molecule has 5 N–H and O–H groups in total. The van der Waals surface area contributed by atoms with E-state index in [9.17, 15) is 14.7 Å². The fourth-order valence-electron chi connectivity index (χ4n) is 4.19. The summed E-state index contributed by atoms with van der Waals surface area (Å²) in [5, 5.41) is 18.2. The largest absolute Gasteiger partial charge is 0.373 e. The van der Waals surface area contributed by atoms with E-state index in [1.807, 2.05) is 0 Å². The Kier molecular flexibility index (Phi) is 6.17. The summed E-state index contributed by atoms with van der Waals surface area (Å²) < 4.78 is 0. The van der Waals surface area contributed by atoms with Gasteiger partial charge in [-0.15, -0.1) is 11.3 Å². The van der Waals surface area contributed by atoms with Crippen molar-refractivity contribution in [2.75, 3.05) is 23.7 Å². The first kappa shape index (κ1) is 21.0. The topological polar surface area (TPSA) is 108 Å². The van der Waals surface area contributed by atoms with Crippen molar-refractivity contribution in [1.29, 1.82) is 0 Å². The number of hydrogen-bond donors (Lipinski definition) is 4. The molecule has 1 aromatic carbocycles. The monoisotopic (exact) mass is 448 g/mol. The van der Waals surface area contributed by atoms with E-state index in [2.05, 4.69) is 10.6 Å². The van der Waals surface area contributed by atoms with Crippen LogP contribution in [0.1, 0.15) is 40.1 Å². The number of anilines is 2. The lowest BCUT2D eigenvalue weighted by Gasteiger charge is -2.34. The van der Waals surface area contributed by atoms with Crippen LogP contribution in [0.25, 0.3) is 0 Å². The number of piperidine rings is 1. The zero-order valence-corrected chi connectivity index (χ0v) is 18.1. The number of urea groups is 1. The van der Waals surface area contributed by atoms with Crippen LogP contribution in [0.5, 0.6) is 0 Å². The third kappa shape index (κ3) is 4.40. The van der Waals surface area contributed by atoms with Gasteiger partial charge in [0.1, 0.15) is 11.2 Å². The number of aryl methyl sites for hydroxylation is 1. The molecule has 4 rings (SSSR count). The molecule has 160 valence electrons. The van der Waals surface area contributed by atoms with Crippen LogP contribution in [-0.4, -0.2) is 41.3 Å². The number of halogens is 1. The number of amides is 3. The average Bonchev–Trinajstić information content (AvgIpc) is 3.30. The van der Waals surface area contributed by atoms with Crippen LogP contribution in [0.15, 0.2) is 24.3 Å². The highest BCUT2D eigenvalue weighted by molar-refractivity contribution is 7.16. The number of fused-ring (bicyclic) bond motifs is 1. The molecule has 1 aliphatic carbocycles. The molecular formula is C21H25ClN4O3S. The van der Waals surface area contributed by atoms with Crippen LogP contribution in [0.4, 0.5) is 15.5 Å². The van der Waals surface area contributed by atoms with Crippen molar-refractivity contribution in [2.24, 2.45) is 11.7 Å². The molecule has 7 nitrogen and oxygen atoms in total. The van der Waals surface area contributed by atoms with E-state index in [4.69, 9.17) is 17.3 Å². The minimum Gasteiger partial charge on any atom is -0.373 e. The van der Waals surface area contributed by atoms with E-state index in [0.29, 0.717) is 34.4 Å². The summed E-state index contributed by atoms with van der Waals surface area (Å²) >= 11 is 7.46. The second kappa shape index (κ2) is 8.83. The van der Waals surface area contributed by atoms with Gasteiger partial charge in [-0.25, -0.2) is 4.79 Å². The van der Waals surface area contributed by atoms with Gasteiger partial charge in [-0.05, 0) is 61.9 Å². The molecule has 2 aliphatic rings. The highest BCUT2D eigenvalue weighted by Gasteiger charge is 2.31. The maximum atomic E-state index is 13.1. The van der Waals surface area contributed by atoms with Gasteiger partial charge in [0, 0.05) is 34.6 Å². The minimum absolute atomic E-state index is 0.143. The van der Waals surface area contributed by atoms with E-state index in [-0.39, 0.29) is 11.8 Å². The molecule has 1 aliphatic heterocycles. The van der Waals surface area contributed by atoms with Gasteiger partial charge < -0.3 is 26.4 Å². The molecule has 0 bridgehead atoms. The lowest BCUT2D eigenvalue weighted by atomic mass is 9.96. The van der Waals surface area contributed by atoms with Crippen molar-refractivity contribution in [1.82, 2.24) is 4.90 Å². The highest BCUT2D eigenvalue weighted by Crippen LogP contribution is 2.40. The summed E-state index contributed by atoms with van der Waals surface area (Å²) in [4.78, 5) is 27.4. The van der Waals surface area contributed by atoms with Crippen LogP contribution in [0.2, 0.25) is 5.02 Å². The van der Waals surface area contributed by atoms with Crippen molar-refractivity contribution >= 4 is 45.6 Å². The van der Waals surface area contributed by atoms with Crippen LogP contribution >= 0.6 is 22.9 Å². The van der Waals surface area contributed by atoms with E-state index in [0.717, 1.165) is 37.7 Å². The summed E-state index contributed by atoms with van der Waals surface area (Å²) in [5.74, 6) is -0.343. The fourth-order valence-corrected chi connectivity index (χ4v) is 5.64. The number of hydrogen-bond acceptors (Lipinski definition) is 5. The number of rotatable bonds is 5. The first-order valence-corrected chi connectivity index (χ1v) is 11.3. The average molecular weight is 449 g/mol. The van der Waals surface area contributed by atoms with Crippen LogP contribution in [-0.2, 0) is 12.8 Å². The summed E-state index contributed by atoms with van der Waals surface area (Å²) in [6.45, 7) is 1.02. The Morgan fingerprint density at radius 3 is 2.73 bits per heavy atom. The number of carbonyl (C=O) groups excluding carboxylic acids is 2. The van der Waals surface area contributed by atoms with Crippen molar-refractivity contribution in [3.05, 3.63) is 45.3 Å². The SMILES string of the molecule is NC(=O)N1CCCC(C(O)Nc2sc3c(c2C(=O)Nc2ccc(Cl)cc2)CCC3)C1. The fraction of sp³-hybridized carbons (Fsp3) is 0.429. The third-order valence-corrected chi connectivity index (χ3v) is 7.22. The first-order valence-electron chi connectivity index (χ1n) is 10.1. The molecule has 0 saturated carbocycles. The van der Waals surface area contributed by atoms with Gasteiger partial charge in [0.25, 0.3) is 5.91 Å². The number of nitrogens with zero attached hydrogens (tertiary/aromatic N) is 1. The van der Waals surface area contributed by atoms with Crippen molar-refractivity contribution in [3.8, 4) is 0 Å². The molecular weight excluding hydrogens is 424 g/mol. The molecule has 3 amide bonds. The molecule has 1 aromatic heterocycles. The summed E-state index contributed by atoms with van der Waals surface area (Å²) in [6.07, 6.45) is 3.53. The quantitative estimate of drug-likeness (QED) is 0.523. The zero-order chi connectivity index (χ0) is 21.3. The predicted octanol–water partition coefficient (Wildman–Crippen LogP) is 3.66. The van der Waals surface area contributed by atoms with Gasteiger partial charge >= 0.3 is 6.03 Å². The molecule has 2 heterocycles. The van der Waals surface area contributed by atoms with Gasteiger partial charge in [0.05, 0.1) is 5.56 Å². The van der Waals surface area contributed by atoms with Gasteiger partial charge in [-0.1, -0.05) is 11.6 Å². The second-order valence-electron chi connectivity index (χ2n) is 7.80. The number of aliphatic hydroxyl groups is 1. The Morgan fingerprint density at radius 1 is 1.23 bits per heavy atom. The van der Waals surface area contributed by atoms with Gasteiger partial charge in [0.2, 0.25) is 0 Å².